The molecular formula is C22H30N6O4. The number of amides is 4. The summed E-state index contributed by atoms with van der Waals surface area (Å²) in [5.41, 5.74) is 6.22. The molecule has 1 fully saturated rings. The number of nitrogens with one attached hydrogen (secondary N) is 3. The minimum atomic E-state index is -0.972. The van der Waals surface area contributed by atoms with Gasteiger partial charge in [0.15, 0.2) is 0 Å². The van der Waals surface area contributed by atoms with Gasteiger partial charge in [0.05, 0.1) is 25.2 Å². The highest BCUT2D eigenvalue weighted by Gasteiger charge is 2.40. The summed E-state index contributed by atoms with van der Waals surface area (Å²) in [6, 6.07) is 7.14. The number of benzene rings is 1. The van der Waals surface area contributed by atoms with E-state index in [4.69, 9.17) is 10.5 Å². The highest BCUT2D eigenvalue weighted by atomic mass is 16.5. The van der Waals surface area contributed by atoms with Crippen LogP contribution in [0.1, 0.15) is 25.1 Å². The van der Waals surface area contributed by atoms with Crippen LogP contribution in [-0.4, -0.2) is 71.1 Å². The van der Waals surface area contributed by atoms with E-state index >= 15 is 0 Å². The van der Waals surface area contributed by atoms with Crippen molar-refractivity contribution in [3.05, 3.63) is 54.1 Å². The molecule has 10 heteroatoms. The smallest absolute Gasteiger partial charge is 0.318 e. The summed E-state index contributed by atoms with van der Waals surface area (Å²) in [6.45, 7) is 5.52. The van der Waals surface area contributed by atoms with Crippen molar-refractivity contribution in [2.75, 3.05) is 26.3 Å². The summed E-state index contributed by atoms with van der Waals surface area (Å²) in [5.74, 6) is -1.18. The van der Waals surface area contributed by atoms with Crippen molar-refractivity contribution < 1.29 is 19.1 Å². The van der Waals surface area contributed by atoms with Crippen molar-refractivity contribution in [1.29, 1.82) is 0 Å². The summed E-state index contributed by atoms with van der Waals surface area (Å²) in [4.78, 5) is 46.9. The minimum Gasteiger partial charge on any atom is -0.378 e. The van der Waals surface area contributed by atoms with Crippen LogP contribution in [-0.2, 0) is 26.2 Å². The molecule has 1 aromatic heterocycles. The lowest BCUT2D eigenvalue weighted by molar-refractivity contribution is -0.129. The number of rotatable bonds is 8. The standard InChI is InChI=1S/C22H30N6O4/c1-22(2,15-6-4-3-5-7-15)18(27-21(31)28-8-10-32-11-9-28)20(30)26-17(19(23)29)12-16-13-24-14-25-16/h3-7,13-14,17-18H,8-12H2,1-2H3,(H2,23,29)(H,24,25)(H,26,30)(H,27,31)/t17-,18-/m0/s1. The third-order valence-electron chi connectivity index (χ3n) is 5.70. The Kier molecular flexibility index (Phi) is 7.47. The van der Waals surface area contributed by atoms with Gasteiger partial charge in [0.2, 0.25) is 11.8 Å². The lowest BCUT2D eigenvalue weighted by atomic mass is 9.77. The van der Waals surface area contributed by atoms with Crippen LogP contribution in [0.15, 0.2) is 42.9 Å². The number of aromatic amines is 1. The van der Waals surface area contributed by atoms with Gasteiger partial charge in [0.25, 0.3) is 0 Å². The number of aromatic nitrogens is 2. The highest BCUT2D eigenvalue weighted by Crippen LogP contribution is 2.27. The maximum atomic E-state index is 13.4. The zero-order valence-corrected chi connectivity index (χ0v) is 18.3. The van der Waals surface area contributed by atoms with Crippen LogP contribution in [0.3, 0.4) is 0 Å². The number of nitrogens with zero attached hydrogens (tertiary/aromatic N) is 2. The number of nitrogens with two attached hydrogens (primary N) is 1. The summed E-state index contributed by atoms with van der Waals surface area (Å²) >= 11 is 0. The molecule has 1 aliphatic heterocycles. The molecule has 172 valence electrons. The quantitative estimate of drug-likeness (QED) is 0.465. The second-order valence-corrected chi connectivity index (χ2v) is 8.30. The molecule has 2 heterocycles. The Morgan fingerprint density at radius 2 is 1.88 bits per heavy atom. The van der Waals surface area contributed by atoms with Crippen molar-refractivity contribution in [3.63, 3.8) is 0 Å². The molecule has 0 bridgehead atoms. The number of H-pyrrole nitrogens is 1. The van der Waals surface area contributed by atoms with Gasteiger partial charge in [-0.3, -0.25) is 9.59 Å². The zero-order chi connectivity index (χ0) is 23.1. The van der Waals surface area contributed by atoms with Gasteiger partial charge in [-0.15, -0.1) is 0 Å². The molecule has 2 atom stereocenters. The van der Waals surface area contributed by atoms with Crippen molar-refractivity contribution in [2.45, 2.75) is 37.8 Å². The van der Waals surface area contributed by atoms with E-state index in [9.17, 15) is 14.4 Å². The van der Waals surface area contributed by atoms with Gasteiger partial charge >= 0.3 is 6.03 Å². The summed E-state index contributed by atoms with van der Waals surface area (Å²) in [7, 11) is 0. The molecule has 1 saturated heterocycles. The van der Waals surface area contributed by atoms with Crippen LogP contribution in [0.2, 0.25) is 0 Å². The summed E-state index contributed by atoms with van der Waals surface area (Å²) in [6.07, 6.45) is 3.26. The molecule has 10 nitrogen and oxygen atoms in total. The van der Waals surface area contributed by atoms with Crippen molar-refractivity contribution in [3.8, 4) is 0 Å². The monoisotopic (exact) mass is 442 g/mol. The van der Waals surface area contributed by atoms with Crippen LogP contribution < -0.4 is 16.4 Å². The molecule has 0 saturated carbocycles. The van der Waals surface area contributed by atoms with E-state index in [0.29, 0.717) is 32.0 Å². The van der Waals surface area contributed by atoms with E-state index in [0.717, 1.165) is 5.56 Å². The molecule has 0 aliphatic carbocycles. The van der Waals surface area contributed by atoms with E-state index < -0.39 is 29.3 Å². The maximum absolute atomic E-state index is 13.4. The number of hydrogen-bond donors (Lipinski definition) is 4. The van der Waals surface area contributed by atoms with Crippen LogP contribution in [0.5, 0.6) is 0 Å². The van der Waals surface area contributed by atoms with E-state index in [1.54, 1.807) is 11.1 Å². The lowest BCUT2D eigenvalue weighted by Crippen LogP contribution is -2.62. The maximum Gasteiger partial charge on any atom is 0.318 e. The summed E-state index contributed by atoms with van der Waals surface area (Å²) in [5, 5.41) is 5.59. The molecule has 4 amide bonds. The molecule has 0 radical (unpaired) electrons. The molecule has 2 aromatic rings. The first-order valence-electron chi connectivity index (χ1n) is 10.5. The number of morpholine rings is 1. The predicted molar refractivity (Wildman–Crippen MR) is 118 cm³/mol. The Bertz CT molecular complexity index is 910. The molecule has 0 unspecified atom stereocenters. The van der Waals surface area contributed by atoms with Gasteiger partial charge in [-0.1, -0.05) is 44.2 Å². The van der Waals surface area contributed by atoms with E-state index in [1.165, 1.54) is 6.33 Å². The lowest BCUT2D eigenvalue weighted by Gasteiger charge is -2.37. The fourth-order valence-corrected chi connectivity index (χ4v) is 3.68. The first kappa shape index (κ1) is 23.3. The average molecular weight is 443 g/mol. The molecule has 32 heavy (non-hydrogen) atoms. The van der Waals surface area contributed by atoms with Crippen LogP contribution in [0.4, 0.5) is 4.79 Å². The number of carbonyl (C=O) groups is 3. The van der Waals surface area contributed by atoms with Gasteiger partial charge in [0, 0.05) is 31.1 Å². The average Bonchev–Trinajstić information content (AvgIpc) is 3.31. The SMILES string of the molecule is CC(C)(c1ccccc1)[C@@H](NC(=O)N1CCOCC1)C(=O)N[C@@H](Cc1c[nH]cn1)C(N)=O. The highest BCUT2D eigenvalue weighted by molar-refractivity contribution is 5.92. The Hall–Kier alpha value is -3.40. The van der Waals surface area contributed by atoms with Crippen molar-refractivity contribution in [1.82, 2.24) is 25.5 Å². The molecule has 3 rings (SSSR count). The molecule has 5 N–H and O–H groups in total. The van der Waals surface area contributed by atoms with Gasteiger partial charge in [-0.2, -0.15) is 0 Å². The van der Waals surface area contributed by atoms with Crippen molar-refractivity contribution >= 4 is 17.8 Å². The fourth-order valence-electron chi connectivity index (χ4n) is 3.68. The molecular weight excluding hydrogens is 412 g/mol. The van der Waals surface area contributed by atoms with Crippen molar-refractivity contribution in [2.24, 2.45) is 5.73 Å². The Balaban J connectivity index is 1.83. The second-order valence-electron chi connectivity index (χ2n) is 8.30. The van der Waals surface area contributed by atoms with Gasteiger partial charge in [-0.25, -0.2) is 9.78 Å². The third kappa shape index (κ3) is 5.64. The minimum absolute atomic E-state index is 0.139. The number of imidazole rings is 1. The number of ether oxygens (including phenoxy) is 1. The van der Waals surface area contributed by atoms with Gasteiger partial charge < -0.3 is 31.0 Å². The van der Waals surface area contributed by atoms with Gasteiger partial charge in [-0.05, 0) is 5.56 Å². The summed E-state index contributed by atoms with van der Waals surface area (Å²) < 4.78 is 5.31. The molecule has 1 aromatic carbocycles. The fraction of sp³-hybridized carbons (Fsp3) is 0.455. The van der Waals surface area contributed by atoms with E-state index in [-0.39, 0.29) is 12.5 Å². The Labute approximate surface area is 186 Å². The Morgan fingerprint density at radius 3 is 2.47 bits per heavy atom. The van der Waals surface area contributed by atoms with E-state index in [2.05, 4.69) is 20.6 Å². The normalized spacial score (nSPS) is 16.1. The number of urea groups is 1. The number of hydrogen-bond acceptors (Lipinski definition) is 5. The van der Waals surface area contributed by atoms with Crippen LogP contribution in [0.25, 0.3) is 0 Å². The zero-order valence-electron chi connectivity index (χ0n) is 18.3. The van der Waals surface area contributed by atoms with Crippen LogP contribution >= 0.6 is 0 Å². The first-order valence-corrected chi connectivity index (χ1v) is 10.5. The Morgan fingerprint density at radius 1 is 1.19 bits per heavy atom. The van der Waals surface area contributed by atoms with Crippen LogP contribution in [0, 0.1) is 0 Å². The number of primary amides is 1. The second kappa shape index (κ2) is 10.3. The molecule has 0 spiro atoms. The molecule has 1 aliphatic rings. The first-order chi connectivity index (χ1) is 15.3. The topological polar surface area (TPSA) is 142 Å². The largest absolute Gasteiger partial charge is 0.378 e. The predicted octanol–water partition coefficient (Wildman–Crippen LogP) is 0.311. The number of carbonyl (C=O) groups excluding carboxylic acids is 3. The van der Waals surface area contributed by atoms with Gasteiger partial charge in [0.1, 0.15) is 12.1 Å². The third-order valence-corrected chi connectivity index (χ3v) is 5.70. The van der Waals surface area contributed by atoms with E-state index in [1.807, 2.05) is 44.2 Å².